The number of hydrogen-bond donors (Lipinski definition) is 3. The summed E-state index contributed by atoms with van der Waals surface area (Å²) in [5.41, 5.74) is 6.87. The summed E-state index contributed by atoms with van der Waals surface area (Å²) in [7, 11) is 0. The first-order valence-electron chi connectivity index (χ1n) is 8.71. The van der Waals surface area contributed by atoms with Gasteiger partial charge in [0.25, 0.3) is 0 Å². The van der Waals surface area contributed by atoms with Gasteiger partial charge in [-0.2, -0.15) is 0 Å². The number of carbonyl (C=O) groups is 4. The van der Waals surface area contributed by atoms with Crippen molar-refractivity contribution in [2.24, 2.45) is 11.5 Å². The number of nitrogens with two attached hydrogens (primary N) is 2. The molecule has 0 fully saturated rings. The number of rotatable bonds is 17. The highest BCUT2D eigenvalue weighted by molar-refractivity contribution is 5.94. The summed E-state index contributed by atoms with van der Waals surface area (Å²) in [5.74, 6) is -8.33. The second-order valence-electron chi connectivity index (χ2n) is 5.93. The molecule has 35 heavy (non-hydrogen) atoms. The van der Waals surface area contributed by atoms with Gasteiger partial charge in [-0.15, -0.1) is 30.3 Å². The fraction of sp³-hybridized carbons (Fsp3) is 0.667. The molecule has 0 amide bonds. The Bertz CT molecular complexity index is 820. The maximum atomic E-state index is 12.2. The van der Waals surface area contributed by atoms with Gasteiger partial charge in [-0.1, -0.05) is 21.4 Å². The van der Waals surface area contributed by atoms with E-state index in [1.165, 1.54) is 0 Å². The van der Waals surface area contributed by atoms with Gasteiger partial charge in [0.1, 0.15) is 6.04 Å². The van der Waals surface area contributed by atoms with E-state index in [1.807, 2.05) is 0 Å². The van der Waals surface area contributed by atoms with Crippen LogP contribution in [0.1, 0.15) is 25.7 Å². The highest BCUT2D eigenvalue weighted by Crippen LogP contribution is 2.24. The summed E-state index contributed by atoms with van der Waals surface area (Å²) < 4.78 is 4.53. The Balaban J connectivity index is 6.12. The lowest BCUT2D eigenvalue weighted by atomic mass is 9.92. The van der Waals surface area contributed by atoms with Crippen LogP contribution in [-0.2, 0) is 53.5 Å². The van der Waals surface area contributed by atoms with Crippen molar-refractivity contribution in [3.63, 3.8) is 0 Å². The van der Waals surface area contributed by atoms with Crippen LogP contribution in [-0.4, -0.2) is 68.5 Å². The molecule has 0 heterocycles. The smallest absolute Gasteiger partial charge is 0.387 e. The predicted octanol–water partition coefficient (Wildman–Crippen LogP) is -3.52. The van der Waals surface area contributed by atoms with Crippen LogP contribution in [0.15, 0.2) is 0 Å². The Morgan fingerprint density at radius 1 is 0.857 bits per heavy atom. The summed E-state index contributed by atoms with van der Waals surface area (Å²) in [6.45, 7) is 0.200. The van der Waals surface area contributed by atoms with E-state index in [-0.39, 0.29) is 19.4 Å². The number of nitrogens with zero attached hydrogens (tertiary/aromatic N) is 3. The molecule has 5 N–H and O–H groups in total. The molecule has 0 radical (unpaired) electrons. The second-order valence-corrected chi connectivity index (χ2v) is 5.93. The van der Waals surface area contributed by atoms with Gasteiger partial charge in [-0.3, -0.25) is 19.5 Å². The van der Waals surface area contributed by atoms with E-state index in [0.29, 0.717) is 6.42 Å². The van der Waals surface area contributed by atoms with Gasteiger partial charge in [0.15, 0.2) is 0 Å². The van der Waals surface area contributed by atoms with Crippen molar-refractivity contribution in [3.8, 4) is 0 Å². The molecule has 0 aromatic carbocycles. The van der Waals surface area contributed by atoms with E-state index in [9.17, 15) is 54.6 Å². The summed E-state index contributed by atoms with van der Waals surface area (Å²) in [6.07, 6.45) is -4.63. The second kappa shape index (κ2) is 14.5. The average molecular weight is 519 g/mol. The third kappa shape index (κ3) is 11.2. The minimum absolute atomic E-state index is 0.144. The van der Waals surface area contributed by atoms with Gasteiger partial charge in [0.2, 0.25) is 11.7 Å². The molecule has 0 rings (SSSR count). The first-order valence-corrected chi connectivity index (χ1v) is 8.71. The Morgan fingerprint density at radius 3 is 1.89 bits per heavy atom. The lowest BCUT2D eigenvalue weighted by Crippen LogP contribution is -2.58. The normalized spacial score (nSPS) is 13.6. The molecule has 0 bridgehead atoms. The van der Waals surface area contributed by atoms with Crippen molar-refractivity contribution in [1.29, 1.82) is 0 Å². The highest BCUT2D eigenvalue weighted by Gasteiger charge is 2.57. The monoisotopic (exact) mass is 519 g/mol. The predicted molar refractivity (Wildman–Crippen MR) is 92.8 cm³/mol. The Hall–Kier alpha value is -4.64. The molecular formula is C12H17N5O18. The third-order valence-electron chi connectivity index (χ3n) is 3.47. The molecule has 0 aliphatic carbocycles. The minimum atomic E-state index is -3.92. The van der Waals surface area contributed by atoms with Gasteiger partial charge in [0.05, 0.1) is 6.42 Å². The number of esters is 1. The first kappa shape index (κ1) is 30.4. The summed E-state index contributed by atoms with van der Waals surface area (Å²) in [4.78, 5) is 99.5. The van der Waals surface area contributed by atoms with Gasteiger partial charge >= 0.3 is 39.1 Å². The molecular weight excluding hydrogens is 502 g/mol. The van der Waals surface area contributed by atoms with Crippen LogP contribution in [0.5, 0.6) is 0 Å². The van der Waals surface area contributed by atoms with E-state index in [0.717, 1.165) is 0 Å². The summed E-state index contributed by atoms with van der Waals surface area (Å²) in [5, 5.41) is 36.1. The lowest BCUT2D eigenvalue weighted by Gasteiger charge is -2.29. The highest BCUT2D eigenvalue weighted by atomic mass is 17.4. The minimum Gasteiger partial charge on any atom is -0.445 e. The van der Waals surface area contributed by atoms with Crippen molar-refractivity contribution in [1.82, 2.24) is 0 Å². The molecule has 0 saturated carbocycles. The van der Waals surface area contributed by atoms with Crippen LogP contribution in [0, 0.1) is 30.3 Å². The maximum absolute atomic E-state index is 12.2. The standard InChI is InChI=1S/C12H17N5O18/c13-4-2-1-3-6(14)9(19)29-8(10(20)31-34-16(25)26)12(22,11(21)32-35-17(27)28)5-7(18)30-33-15(23)24/h6,8,22H,1-5,13-14H2. The van der Waals surface area contributed by atoms with Gasteiger partial charge < -0.3 is 21.3 Å². The largest absolute Gasteiger partial charge is 0.445 e. The van der Waals surface area contributed by atoms with Crippen molar-refractivity contribution < 1.29 is 73.9 Å². The lowest BCUT2D eigenvalue weighted by molar-refractivity contribution is -0.841. The first-order chi connectivity index (χ1) is 16.2. The molecule has 3 unspecified atom stereocenters. The SMILES string of the molecule is NCCCCC(N)C(=O)OC(C(=O)OO[N+](=O)[O-])C(O)(CC(=O)OO[N+](=O)[O-])C(=O)OO[N+](=O)[O-]. The zero-order chi connectivity index (χ0) is 27.2. The average Bonchev–Trinajstić information content (AvgIpc) is 2.77. The fourth-order valence-corrected chi connectivity index (χ4v) is 2.01. The van der Waals surface area contributed by atoms with Crippen LogP contribution >= 0.6 is 0 Å². The quantitative estimate of drug-likeness (QED) is 0.0550. The fourth-order valence-electron chi connectivity index (χ4n) is 2.01. The molecule has 0 aromatic rings. The number of ether oxygens (including phenoxy) is 1. The molecule has 198 valence electrons. The zero-order valence-corrected chi connectivity index (χ0v) is 17.1. The van der Waals surface area contributed by atoms with E-state index < -0.39 is 63.3 Å². The van der Waals surface area contributed by atoms with Crippen molar-refractivity contribution in [2.45, 2.75) is 43.4 Å². The Morgan fingerprint density at radius 2 is 1.37 bits per heavy atom. The van der Waals surface area contributed by atoms with Crippen molar-refractivity contribution in [3.05, 3.63) is 30.3 Å². The third-order valence-corrected chi connectivity index (χ3v) is 3.47. The molecule has 3 atom stereocenters. The van der Waals surface area contributed by atoms with Crippen LogP contribution < -0.4 is 11.5 Å². The van der Waals surface area contributed by atoms with E-state index >= 15 is 0 Å². The van der Waals surface area contributed by atoms with Crippen molar-refractivity contribution in [2.75, 3.05) is 6.54 Å². The Kier molecular flexibility index (Phi) is 12.6. The molecule has 0 saturated heterocycles. The van der Waals surface area contributed by atoms with Gasteiger partial charge in [-0.25, -0.2) is 14.4 Å². The topological polar surface area (TPSA) is 335 Å². The van der Waals surface area contributed by atoms with E-state index in [2.05, 4.69) is 34.4 Å². The van der Waals surface area contributed by atoms with E-state index in [4.69, 9.17) is 11.5 Å². The number of hydrogen-bond acceptors (Lipinski definition) is 20. The molecule has 0 aromatic heterocycles. The molecule has 0 aliphatic heterocycles. The molecule has 0 spiro atoms. The summed E-state index contributed by atoms with van der Waals surface area (Å²) in [6, 6.07) is -1.58. The van der Waals surface area contributed by atoms with Gasteiger partial charge in [0, 0.05) is 0 Å². The van der Waals surface area contributed by atoms with Crippen LogP contribution in [0.4, 0.5) is 0 Å². The molecule has 23 nitrogen and oxygen atoms in total. The summed E-state index contributed by atoms with van der Waals surface area (Å²) >= 11 is 0. The maximum Gasteiger partial charge on any atom is 0.387 e. The number of carbonyl (C=O) groups excluding carboxylic acids is 4. The molecule has 23 heteroatoms. The van der Waals surface area contributed by atoms with Crippen LogP contribution in [0.2, 0.25) is 0 Å². The van der Waals surface area contributed by atoms with Crippen LogP contribution in [0.25, 0.3) is 0 Å². The Labute approximate surface area is 190 Å². The molecule has 0 aliphatic rings. The van der Waals surface area contributed by atoms with Crippen LogP contribution in [0.3, 0.4) is 0 Å². The zero-order valence-electron chi connectivity index (χ0n) is 17.1. The number of unbranched alkanes of at least 4 members (excludes halogenated alkanes) is 1. The van der Waals surface area contributed by atoms with E-state index in [1.54, 1.807) is 0 Å². The number of aliphatic hydroxyl groups is 1. The van der Waals surface area contributed by atoms with Gasteiger partial charge in [-0.05, 0) is 19.4 Å². The van der Waals surface area contributed by atoms with Crippen molar-refractivity contribution >= 4 is 23.9 Å².